The van der Waals surface area contributed by atoms with Gasteiger partial charge in [0.15, 0.2) is 0 Å². The van der Waals surface area contributed by atoms with Crippen molar-refractivity contribution in [3.05, 3.63) is 30.7 Å². The third-order valence-corrected chi connectivity index (χ3v) is 2.39. The summed E-state index contributed by atoms with van der Waals surface area (Å²) in [7, 11) is 0. The van der Waals surface area contributed by atoms with Crippen LogP contribution in [0.3, 0.4) is 0 Å². The summed E-state index contributed by atoms with van der Waals surface area (Å²) in [6.07, 6.45) is 4.69. The molecule has 0 unspecified atom stereocenters. The molecular formula is C14H17N3O3. The first-order valence-corrected chi connectivity index (χ1v) is 6.23. The highest BCUT2D eigenvalue weighted by Crippen LogP contribution is 2.18. The lowest BCUT2D eigenvalue weighted by Crippen LogP contribution is -2.26. The highest BCUT2D eigenvalue weighted by molar-refractivity contribution is 5.70. The quantitative estimate of drug-likeness (QED) is 0.867. The Balaban J connectivity index is 2.06. The molecule has 106 valence electrons. The zero-order chi connectivity index (χ0) is 14.8. The predicted octanol–water partition coefficient (Wildman–Crippen LogP) is 1.99. The van der Waals surface area contributed by atoms with E-state index in [2.05, 4.69) is 10.1 Å². The van der Waals surface area contributed by atoms with Crippen molar-refractivity contribution in [1.29, 1.82) is 0 Å². The average molecular weight is 275 g/mol. The number of nitrogens with zero attached hydrogens (tertiary/aromatic N) is 3. The molecule has 2 rings (SSSR count). The van der Waals surface area contributed by atoms with Gasteiger partial charge in [-0.05, 0) is 32.9 Å². The molecule has 0 radical (unpaired) electrons. The number of hydrogen-bond donors (Lipinski definition) is 1. The van der Waals surface area contributed by atoms with Gasteiger partial charge < -0.3 is 9.84 Å². The van der Waals surface area contributed by atoms with Gasteiger partial charge in [-0.25, -0.2) is 0 Å². The number of ether oxygens (including phenoxy) is 1. The maximum absolute atomic E-state index is 11.7. The van der Waals surface area contributed by atoms with E-state index in [1.165, 1.54) is 10.9 Å². The van der Waals surface area contributed by atoms with E-state index in [0.717, 1.165) is 5.56 Å². The smallest absolute Gasteiger partial charge is 0.328 e. The number of hydrogen-bond acceptors (Lipinski definition) is 5. The van der Waals surface area contributed by atoms with Crippen molar-refractivity contribution in [2.24, 2.45) is 0 Å². The lowest BCUT2D eigenvalue weighted by Gasteiger charge is -2.19. The van der Waals surface area contributed by atoms with Crippen LogP contribution in [-0.2, 0) is 16.1 Å². The molecule has 20 heavy (non-hydrogen) atoms. The summed E-state index contributed by atoms with van der Waals surface area (Å²) in [5.74, 6) is -0.235. The Labute approximate surface area is 117 Å². The molecule has 0 spiro atoms. The fraction of sp³-hybridized carbons (Fsp3) is 0.357. The molecule has 0 aliphatic carbocycles. The van der Waals surface area contributed by atoms with Gasteiger partial charge in [-0.15, -0.1) is 0 Å². The molecule has 0 saturated heterocycles. The summed E-state index contributed by atoms with van der Waals surface area (Å²) >= 11 is 0. The molecule has 0 bridgehead atoms. The monoisotopic (exact) mass is 275 g/mol. The van der Waals surface area contributed by atoms with E-state index in [-0.39, 0.29) is 18.3 Å². The number of esters is 1. The van der Waals surface area contributed by atoms with Crippen LogP contribution in [0.15, 0.2) is 30.7 Å². The number of aromatic nitrogens is 3. The zero-order valence-corrected chi connectivity index (χ0v) is 11.7. The van der Waals surface area contributed by atoms with E-state index < -0.39 is 5.60 Å². The Morgan fingerprint density at radius 2 is 2.10 bits per heavy atom. The van der Waals surface area contributed by atoms with Crippen LogP contribution in [-0.4, -0.2) is 31.4 Å². The lowest BCUT2D eigenvalue weighted by atomic mass is 10.2. The molecule has 0 atom stereocenters. The van der Waals surface area contributed by atoms with Gasteiger partial charge in [0.25, 0.3) is 0 Å². The first-order chi connectivity index (χ1) is 9.33. The third kappa shape index (κ3) is 3.81. The summed E-state index contributed by atoms with van der Waals surface area (Å²) in [4.78, 5) is 15.8. The van der Waals surface area contributed by atoms with Crippen LogP contribution in [0, 0.1) is 0 Å². The second-order valence-corrected chi connectivity index (χ2v) is 5.41. The summed E-state index contributed by atoms with van der Waals surface area (Å²) in [6.45, 7) is 5.51. The molecule has 0 amide bonds. The van der Waals surface area contributed by atoms with Crippen LogP contribution < -0.4 is 0 Å². The first kappa shape index (κ1) is 14.0. The van der Waals surface area contributed by atoms with Gasteiger partial charge in [-0.2, -0.15) is 5.10 Å². The van der Waals surface area contributed by atoms with Crippen molar-refractivity contribution in [1.82, 2.24) is 14.8 Å². The third-order valence-electron chi connectivity index (χ3n) is 2.39. The van der Waals surface area contributed by atoms with Crippen LogP contribution in [0.2, 0.25) is 0 Å². The fourth-order valence-electron chi connectivity index (χ4n) is 1.65. The van der Waals surface area contributed by atoms with E-state index in [4.69, 9.17) is 4.74 Å². The number of carbonyl (C=O) groups excluding carboxylic acids is 1. The minimum atomic E-state index is -0.508. The average Bonchev–Trinajstić information content (AvgIpc) is 2.75. The van der Waals surface area contributed by atoms with Crippen molar-refractivity contribution in [3.63, 3.8) is 0 Å². The predicted molar refractivity (Wildman–Crippen MR) is 73.0 cm³/mol. The lowest BCUT2D eigenvalue weighted by molar-refractivity contribution is -0.155. The topological polar surface area (TPSA) is 77.2 Å². The Kier molecular flexibility index (Phi) is 3.74. The van der Waals surface area contributed by atoms with E-state index in [0.29, 0.717) is 5.69 Å². The maximum Gasteiger partial charge on any atom is 0.328 e. The zero-order valence-electron chi connectivity index (χ0n) is 11.7. The second-order valence-electron chi connectivity index (χ2n) is 5.41. The summed E-state index contributed by atoms with van der Waals surface area (Å²) in [6, 6.07) is 3.23. The molecular weight excluding hydrogens is 258 g/mol. The molecule has 6 heteroatoms. The van der Waals surface area contributed by atoms with Gasteiger partial charge >= 0.3 is 5.97 Å². The Morgan fingerprint density at radius 1 is 1.35 bits per heavy atom. The number of aromatic hydroxyl groups is 1. The van der Waals surface area contributed by atoms with Crippen molar-refractivity contribution < 1.29 is 14.6 Å². The fourth-order valence-corrected chi connectivity index (χ4v) is 1.65. The van der Waals surface area contributed by atoms with Crippen LogP contribution in [0.1, 0.15) is 20.8 Å². The van der Waals surface area contributed by atoms with Gasteiger partial charge in [0.1, 0.15) is 17.9 Å². The largest absolute Gasteiger partial charge is 0.506 e. The summed E-state index contributed by atoms with van der Waals surface area (Å²) in [5.41, 5.74) is 0.942. The second kappa shape index (κ2) is 5.32. The van der Waals surface area contributed by atoms with Crippen LogP contribution >= 0.6 is 0 Å². The highest BCUT2D eigenvalue weighted by Gasteiger charge is 2.17. The van der Waals surface area contributed by atoms with E-state index in [9.17, 15) is 9.90 Å². The van der Waals surface area contributed by atoms with Gasteiger partial charge in [-0.1, -0.05) is 0 Å². The van der Waals surface area contributed by atoms with Crippen LogP contribution in [0.5, 0.6) is 5.75 Å². The van der Waals surface area contributed by atoms with Gasteiger partial charge in [-0.3, -0.25) is 14.5 Å². The van der Waals surface area contributed by atoms with E-state index in [1.54, 1.807) is 24.5 Å². The summed E-state index contributed by atoms with van der Waals surface area (Å²) < 4.78 is 6.72. The molecule has 2 heterocycles. The molecule has 2 aromatic heterocycles. The standard InChI is InChI=1S/C14H17N3O3/c1-14(2,3)20-13(19)9-17-8-10(6-16-17)12-5-4-11(18)7-15-12/h4-8,18H,9H2,1-3H3. The molecule has 0 aromatic carbocycles. The van der Waals surface area contributed by atoms with Crippen molar-refractivity contribution >= 4 is 5.97 Å². The molecule has 2 aromatic rings. The molecule has 0 fully saturated rings. The van der Waals surface area contributed by atoms with Crippen LogP contribution in [0.25, 0.3) is 11.3 Å². The molecule has 6 nitrogen and oxygen atoms in total. The summed E-state index contributed by atoms with van der Waals surface area (Å²) in [5, 5.41) is 13.3. The molecule has 0 aliphatic heterocycles. The van der Waals surface area contributed by atoms with Gasteiger partial charge in [0.2, 0.25) is 0 Å². The van der Waals surface area contributed by atoms with Crippen molar-refractivity contribution in [2.75, 3.05) is 0 Å². The highest BCUT2D eigenvalue weighted by atomic mass is 16.6. The first-order valence-electron chi connectivity index (χ1n) is 6.23. The van der Waals surface area contributed by atoms with Crippen molar-refractivity contribution in [3.8, 4) is 17.0 Å². The van der Waals surface area contributed by atoms with Gasteiger partial charge in [0, 0.05) is 11.8 Å². The minimum Gasteiger partial charge on any atom is -0.506 e. The Bertz CT molecular complexity index is 597. The molecule has 0 aliphatic rings. The Morgan fingerprint density at radius 3 is 2.70 bits per heavy atom. The maximum atomic E-state index is 11.7. The van der Waals surface area contributed by atoms with E-state index in [1.807, 2.05) is 20.8 Å². The number of rotatable bonds is 3. The van der Waals surface area contributed by atoms with E-state index >= 15 is 0 Å². The number of pyridine rings is 1. The SMILES string of the molecule is CC(C)(C)OC(=O)Cn1cc(-c2ccc(O)cn2)cn1. The van der Waals surface area contributed by atoms with Crippen molar-refractivity contribution in [2.45, 2.75) is 32.9 Å². The Hall–Kier alpha value is -2.37. The van der Waals surface area contributed by atoms with Crippen LogP contribution in [0.4, 0.5) is 0 Å². The van der Waals surface area contributed by atoms with Gasteiger partial charge in [0.05, 0.1) is 18.1 Å². The normalized spacial score (nSPS) is 11.3. The molecule has 1 N–H and O–H groups in total. The molecule has 0 saturated carbocycles. The minimum absolute atomic E-state index is 0.0509. The number of carbonyl (C=O) groups is 1.